The molecule has 29 heavy (non-hydrogen) atoms. The smallest absolute Gasteiger partial charge is 0.261 e. The van der Waals surface area contributed by atoms with Gasteiger partial charge in [-0.05, 0) is 68.6 Å². The van der Waals surface area contributed by atoms with Crippen LogP contribution in [0.5, 0.6) is 5.75 Å². The molecule has 2 amide bonds. The minimum Gasteiger partial charge on any atom is -0.494 e. The Morgan fingerprint density at radius 2 is 1.66 bits per heavy atom. The second-order valence-corrected chi connectivity index (χ2v) is 7.75. The predicted molar refractivity (Wildman–Crippen MR) is 112 cm³/mol. The zero-order chi connectivity index (χ0) is 20.2. The summed E-state index contributed by atoms with van der Waals surface area (Å²) in [5.41, 5.74) is 2.30. The molecule has 5 nitrogen and oxygen atoms in total. The van der Waals surface area contributed by atoms with E-state index in [1.807, 2.05) is 12.1 Å². The van der Waals surface area contributed by atoms with E-state index >= 15 is 0 Å². The van der Waals surface area contributed by atoms with Crippen LogP contribution in [0.4, 0.5) is 0 Å². The molecule has 2 aromatic carbocycles. The highest BCUT2D eigenvalue weighted by Gasteiger charge is 2.34. The molecule has 0 aliphatic carbocycles. The van der Waals surface area contributed by atoms with E-state index in [-0.39, 0.29) is 11.8 Å². The molecule has 2 aliphatic rings. The highest BCUT2D eigenvalue weighted by atomic mass is 16.5. The number of benzene rings is 2. The van der Waals surface area contributed by atoms with Crippen molar-refractivity contribution in [3.05, 3.63) is 65.2 Å². The molecular formula is C24H28N2O3. The van der Waals surface area contributed by atoms with Crippen LogP contribution in [-0.4, -0.2) is 47.9 Å². The quantitative estimate of drug-likeness (QED) is 0.496. The van der Waals surface area contributed by atoms with Gasteiger partial charge < -0.3 is 4.74 Å². The van der Waals surface area contributed by atoms with Crippen molar-refractivity contribution in [2.45, 2.75) is 38.6 Å². The van der Waals surface area contributed by atoms with Crippen molar-refractivity contribution in [3.63, 3.8) is 0 Å². The van der Waals surface area contributed by atoms with E-state index in [9.17, 15) is 9.59 Å². The van der Waals surface area contributed by atoms with E-state index in [2.05, 4.69) is 24.0 Å². The molecule has 0 aromatic heterocycles. The van der Waals surface area contributed by atoms with Crippen molar-refractivity contribution in [2.75, 3.05) is 26.2 Å². The first-order valence-electron chi connectivity index (χ1n) is 10.6. The van der Waals surface area contributed by atoms with Crippen LogP contribution in [0.1, 0.15) is 64.9 Å². The number of likely N-dealkylation sites (tertiary alicyclic amines) is 1. The molecular weight excluding hydrogens is 364 g/mol. The Balaban J connectivity index is 1.31. The van der Waals surface area contributed by atoms with Crippen LogP contribution >= 0.6 is 0 Å². The minimum absolute atomic E-state index is 0.205. The van der Waals surface area contributed by atoms with E-state index in [4.69, 9.17) is 4.74 Å². The van der Waals surface area contributed by atoms with E-state index in [1.54, 1.807) is 24.3 Å². The van der Waals surface area contributed by atoms with Gasteiger partial charge in [0.05, 0.1) is 17.7 Å². The largest absolute Gasteiger partial charge is 0.494 e. The SMILES string of the molecule is CCC(c1cccc(OCCCN2C(=O)c3ccccc3C2=O)c1)N1CCCC1. The van der Waals surface area contributed by atoms with Gasteiger partial charge in [0.1, 0.15) is 5.75 Å². The van der Waals surface area contributed by atoms with Gasteiger partial charge in [-0.1, -0.05) is 31.2 Å². The third kappa shape index (κ3) is 4.06. The number of ether oxygens (including phenoxy) is 1. The Hall–Kier alpha value is -2.66. The Morgan fingerprint density at radius 1 is 0.966 bits per heavy atom. The van der Waals surface area contributed by atoms with Crippen LogP contribution in [0, 0.1) is 0 Å². The molecule has 2 aromatic rings. The van der Waals surface area contributed by atoms with Crippen LogP contribution in [0.3, 0.4) is 0 Å². The van der Waals surface area contributed by atoms with Gasteiger partial charge >= 0.3 is 0 Å². The maximum Gasteiger partial charge on any atom is 0.261 e. The number of hydrogen-bond donors (Lipinski definition) is 0. The Morgan fingerprint density at radius 3 is 2.31 bits per heavy atom. The molecule has 0 spiro atoms. The molecule has 152 valence electrons. The van der Waals surface area contributed by atoms with Gasteiger partial charge in [-0.25, -0.2) is 0 Å². The highest BCUT2D eigenvalue weighted by molar-refractivity contribution is 6.21. The summed E-state index contributed by atoms with van der Waals surface area (Å²) in [6.45, 7) is 5.42. The molecule has 4 rings (SSSR count). The summed E-state index contributed by atoms with van der Waals surface area (Å²) < 4.78 is 5.94. The minimum atomic E-state index is -0.205. The second-order valence-electron chi connectivity index (χ2n) is 7.75. The standard InChI is InChI=1S/C24H28N2O3/c1-2-22(25-13-5-6-14-25)18-9-7-10-19(17-18)29-16-8-15-26-23(27)20-11-3-4-12-21(20)24(26)28/h3-4,7,9-12,17,22H,2,5-6,8,13-16H2,1H3. The highest BCUT2D eigenvalue weighted by Crippen LogP contribution is 2.30. The molecule has 2 aliphatic heterocycles. The fourth-order valence-electron chi connectivity index (χ4n) is 4.42. The first-order chi connectivity index (χ1) is 14.2. The van der Waals surface area contributed by atoms with Crippen molar-refractivity contribution >= 4 is 11.8 Å². The normalized spacial score (nSPS) is 17.6. The fourth-order valence-corrected chi connectivity index (χ4v) is 4.42. The average molecular weight is 392 g/mol. The summed E-state index contributed by atoms with van der Waals surface area (Å²) in [6.07, 6.45) is 4.26. The topological polar surface area (TPSA) is 49.9 Å². The molecule has 1 saturated heterocycles. The number of carbonyl (C=O) groups is 2. The maximum atomic E-state index is 12.4. The summed E-state index contributed by atoms with van der Waals surface area (Å²) >= 11 is 0. The molecule has 1 fully saturated rings. The van der Waals surface area contributed by atoms with Crippen LogP contribution in [0.2, 0.25) is 0 Å². The van der Waals surface area contributed by atoms with Gasteiger partial charge in [-0.15, -0.1) is 0 Å². The summed E-state index contributed by atoms with van der Waals surface area (Å²) in [5.74, 6) is 0.440. The molecule has 5 heteroatoms. The lowest BCUT2D eigenvalue weighted by molar-refractivity contribution is 0.0646. The molecule has 1 atom stereocenters. The number of imide groups is 1. The van der Waals surface area contributed by atoms with Crippen molar-refractivity contribution in [1.29, 1.82) is 0 Å². The molecule has 2 heterocycles. The third-order valence-corrected chi connectivity index (χ3v) is 5.88. The lowest BCUT2D eigenvalue weighted by atomic mass is 10.0. The number of rotatable bonds is 8. The molecule has 0 N–H and O–H groups in total. The van der Waals surface area contributed by atoms with E-state index < -0.39 is 0 Å². The lowest BCUT2D eigenvalue weighted by Gasteiger charge is -2.27. The molecule has 1 unspecified atom stereocenters. The summed E-state index contributed by atoms with van der Waals surface area (Å²) in [5, 5.41) is 0. The fraction of sp³-hybridized carbons (Fsp3) is 0.417. The van der Waals surface area contributed by atoms with Gasteiger partial charge in [0.2, 0.25) is 0 Å². The average Bonchev–Trinajstić information content (AvgIpc) is 3.35. The lowest BCUT2D eigenvalue weighted by Crippen LogP contribution is -2.31. The zero-order valence-electron chi connectivity index (χ0n) is 17.0. The van der Waals surface area contributed by atoms with Crippen LogP contribution in [-0.2, 0) is 0 Å². The summed E-state index contributed by atoms with van der Waals surface area (Å²) in [7, 11) is 0. The first kappa shape index (κ1) is 19.6. The molecule has 0 saturated carbocycles. The Bertz CT molecular complexity index is 854. The number of fused-ring (bicyclic) bond motifs is 1. The second kappa shape index (κ2) is 8.78. The van der Waals surface area contributed by atoms with E-state index in [0.717, 1.165) is 12.2 Å². The van der Waals surface area contributed by atoms with Crippen molar-refractivity contribution in [1.82, 2.24) is 9.80 Å². The number of hydrogen-bond acceptors (Lipinski definition) is 4. The van der Waals surface area contributed by atoms with Gasteiger partial charge in [0.25, 0.3) is 11.8 Å². The zero-order valence-corrected chi connectivity index (χ0v) is 17.0. The Kier molecular flexibility index (Phi) is 5.95. The van der Waals surface area contributed by atoms with Gasteiger partial charge in [0, 0.05) is 12.6 Å². The third-order valence-electron chi connectivity index (χ3n) is 5.88. The van der Waals surface area contributed by atoms with Crippen LogP contribution in [0.15, 0.2) is 48.5 Å². The number of nitrogens with zero attached hydrogens (tertiary/aromatic N) is 2. The summed E-state index contributed by atoms with van der Waals surface area (Å²) in [4.78, 5) is 28.7. The maximum absolute atomic E-state index is 12.4. The number of amides is 2. The van der Waals surface area contributed by atoms with Crippen molar-refractivity contribution in [3.8, 4) is 5.75 Å². The van der Waals surface area contributed by atoms with Crippen molar-refractivity contribution in [2.24, 2.45) is 0 Å². The first-order valence-corrected chi connectivity index (χ1v) is 10.6. The molecule has 0 bridgehead atoms. The van der Waals surface area contributed by atoms with E-state index in [0.29, 0.717) is 36.7 Å². The van der Waals surface area contributed by atoms with Crippen LogP contribution in [0.25, 0.3) is 0 Å². The van der Waals surface area contributed by atoms with Crippen molar-refractivity contribution < 1.29 is 14.3 Å². The molecule has 0 radical (unpaired) electrons. The van der Waals surface area contributed by atoms with Gasteiger partial charge in [-0.3, -0.25) is 19.4 Å². The predicted octanol–water partition coefficient (Wildman–Crippen LogP) is 4.30. The van der Waals surface area contributed by atoms with Crippen LogP contribution < -0.4 is 4.74 Å². The summed E-state index contributed by atoms with van der Waals surface area (Å²) in [6, 6.07) is 15.8. The van der Waals surface area contributed by atoms with E-state index in [1.165, 1.54) is 36.4 Å². The van der Waals surface area contributed by atoms with Gasteiger partial charge in [0.15, 0.2) is 0 Å². The monoisotopic (exact) mass is 392 g/mol. The van der Waals surface area contributed by atoms with Gasteiger partial charge in [-0.2, -0.15) is 0 Å². The Labute approximate surface area is 172 Å². The number of carbonyl (C=O) groups excluding carboxylic acids is 2.